The summed E-state index contributed by atoms with van der Waals surface area (Å²) in [5.74, 6) is 0.0380. The number of rotatable bonds is 7. The van der Waals surface area contributed by atoms with Crippen molar-refractivity contribution in [1.82, 2.24) is 25.2 Å². The number of nitrogens with one attached hydrogen (secondary N) is 1. The fraction of sp³-hybridized carbons (Fsp3) is 0.400. The van der Waals surface area contributed by atoms with E-state index in [4.69, 9.17) is 21.8 Å². The molecule has 0 unspecified atom stereocenters. The number of thiazole rings is 1. The van der Waals surface area contributed by atoms with Crippen molar-refractivity contribution < 1.29 is 9.90 Å². The summed E-state index contributed by atoms with van der Waals surface area (Å²) in [5.41, 5.74) is 12.8. The maximum absolute atomic E-state index is 12.4. The molecule has 1 aliphatic rings. The summed E-state index contributed by atoms with van der Waals surface area (Å²) in [5, 5.41) is 20.7. The number of hydrogen-bond acceptors (Lipinski definition) is 10. The van der Waals surface area contributed by atoms with E-state index in [2.05, 4.69) is 25.2 Å². The number of anilines is 2. The normalized spacial score (nSPS) is 13.9. The van der Waals surface area contributed by atoms with Crippen molar-refractivity contribution in [2.75, 3.05) is 37.7 Å². The zero-order valence-electron chi connectivity index (χ0n) is 20.4. The zero-order chi connectivity index (χ0) is 25.9. The molecule has 1 amide bonds. The van der Waals surface area contributed by atoms with Crippen molar-refractivity contribution in [3.05, 3.63) is 52.8 Å². The lowest BCUT2D eigenvalue weighted by atomic mass is 9.96. The number of nitrogen functional groups attached to an aromatic ring is 2. The Kier molecular flexibility index (Phi) is 10.1. The molecule has 190 valence electrons. The summed E-state index contributed by atoms with van der Waals surface area (Å²) in [6, 6.07) is 9.12. The Morgan fingerprint density at radius 1 is 1.31 bits per heavy atom. The van der Waals surface area contributed by atoms with Gasteiger partial charge >= 0.3 is 0 Å². The number of likely N-dealkylation sites (tertiary alicyclic amines) is 1. The minimum Gasteiger partial charge on any atom is -0.397 e. The van der Waals surface area contributed by atoms with Crippen LogP contribution >= 0.6 is 11.3 Å². The molecule has 3 aromatic rings. The third-order valence-corrected chi connectivity index (χ3v) is 6.73. The molecule has 4 heterocycles. The molecule has 0 aliphatic carbocycles. The second kappa shape index (κ2) is 13.5. The molecular formula is C25H32N8O2S. The molecule has 4 rings (SSSR count). The topological polar surface area (TPSA) is 167 Å². The number of aliphatic hydroxyl groups is 1. The van der Waals surface area contributed by atoms with Gasteiger partial charge in [0, 0.05) is 37.0 Å². The van der Waals surface area contributed by atoms with Gasteiger partial charge in [0.1, 0.15) is 28.2 Å². The Morgan fingerprint density at radius 2 is 2.06 bits per heavy atom. The van der Waals surface area contributed by atoms with E-state index < -0.39 is 0 Å². The summed E-state index contributed by atoms with van der Waals surface area (Å²) < 4.78 is 0. The Morgan fingerprint density at radius 3 is 2.67 bits per heavy atom. The van der Waals surface area contributed by atoms with Crippen LogP contribution in [0.3, 0.4) is 0 Å². The number of nitrogens with two attached hydrogens (primary N) is 2. The van der Waals surface area contributed by atoms with Crippen LogP contribution in [-0.4, -0.2) is 57.1 Å². The molecule has 1 fully saturated rings. The Bertz CT molecular complexity index is 1150. The lowest BCUT2D eigenvalue weighted by molar-refractivity contribution is 0.0930. The largest absolute Gasteiger partial charge is 0.397 e. The number of nitriles is 1. The van der Waals surface area contributed by atoms with E-state index in [-0.39, 0.29) is 28.7 Å². The number of pyridine rings is 2. The molecular weight excluding hydrogens is 476 g/mol. The smallest absolute Gasteiger partial charge is 0.270 e. The van der Waals surface area contributed by atoms with Crippen molar-refractivity contribution >= 4 is 28.7 Å². The first kappa shape index (κ1) is 27.0. The molecule has 1 saturated heterocycles. The molecule has 6 N–H and O–H groups in total. The molecule has 0 aromatic carbocycles. The fourth-order valence-electron chi connectivity index (χ4n) is 3.71. The van der Waals surface area contributed by atoms with E-state index in [9.17, 15) is 4.79 Å². The van der Waals surface area contributed by atoms with Crippen LogP contribution in [-0.2, 0) is 6.54 Å². The summed E-state index contributed by atoms with van der Waals surface area (Å²) in [4.78, 5) is 28.9. The van der Waals surface area contributed by atoms with Gasteiger partial charge < -0.3 is 21.9 Å². The monoisotopic (exact) mass is 508 g/mol. The highest BCUT2D eigenvalue weighted by Crippen LogP contribution is 2.26. The third kappa shape index (κ3) is 7.45. The first-order chi connectivity index (χ1) is 17.4. The number of carbonyl (C=O) groups is 1. The minimum atomic E-state index is -0.331. The van der Waals surface area contributed by atoms with Crippen molar-refractivity contribution in [3.8, 4) is 16.8 Å². The maximum atomic E-state index is 12.4. The number of hydrogen-bond donors (Lipinski definition) is 4. The van der Waals surface area contributed by atoms with Gasteiger partial charge in [0.2, 0.25) is 0 Å². The highest BCUT2D eigenvalue weighted by Gasteiger charge is 2.21. The van der Waals surface area contributed by atoms with Crippen molar-refractivity contribution in [1.29, 1.82) is 5.26 Å². The van der Waals surface area contributed by atoms with E-state index in [1.54, 1.807) is 17.5 Å². The van der Waals surface area contributed by atoms with Gasteiger partial charge in [-0.2, -0.15) is 5.26 Å². The average Bonchev–Trinajstić information content (AvgIpc) is 3.37. The number of piperidine rings is 1. The first-order valence-electron chi connectivity index (χ1n) is 11.9. The van der Waals surface area contributed by atoms with Gasteiger partial charge in [0.15, 0.2) is 0 Å². The van der Waals surface area contributed by atoms with E-state index in [0.717, 1.165) is 49.6 Å². The van der Waals surface area contributed by atoms with Gasteiger partial charge in [-0.3, -0.25) is 14.7 Å². The Hall–Kier alpha value is -3.59. The predicted molar refractivity (Wildman–Crippen MR) is 141 cm³/mol. The average molecular weight is 509 g/mol. The van der Waals surface area contributed by atoms with Gasteiger partial charge in [-0.25, -0.2) is 9.97 Å². The molecule has 36 heavy (non-hydrogen) atoms. The second-order valence-corrected chi connectivity index (χ2v) is 9.58. The summed E-state index contributed by atoms with van der Waals surface area (Å²) >= 11 is 1.68. The first-order valence-corrected chi connectivity index (χ1v) is 12.7. The number of aliphatic hydroxyl groups excluding tert-OH is 1. The third-order valence-electron chi connectivity index (χ3n) is 5.72. The van der Waals surface area contributed by atoms with Gasteiger partial charge in [-0.15, -0.1) is 11.3 Å². The Labute approximate surface area is 215 Å². The molecule has 3 aromatic heterocycles. The van der Waals surface area contributed by atoms with Crippen LogP contribution in [0.25, 0.3) is 10.7 Å². The fourth-order valence-corrected chi connectivity index (χ4v) is 4.64. The molecule has 11 heteroatoms. The molecule has 0 atom stereocenters. The number of amides is 1. The van der Waals surface area contributed by atoms with Gasteiger partial charge in [-0.1, -0.05) is 13.0 Å². The van der Waals surface area contributed by atoms with E-state index in [1.807, 2.05) is 37.4 Å². The number of nitrogens with zero attached hydrogens (tertiary/aromatic N) is 5. The van der Waals surface area contributed by atoms with Crippen LogP contribution in [0.15, 0.2) is 36.7 Å². The highest BCUT2D eigenvalue weighted by atomic mass is 32.1. The second-order valence-electron chi connectivity index (χ2n) is 8.47. The van der Waals surface area contributed by atoms with Crippen LogP contribution in [0.4, 0.5) is 11.5 Å². The van der Waals surface area contributed by atoms with E-state index in [1.165, 1.54) is 10.9 Å². The maximum Gasteiger partial charge on any atom is 0.270 e. The van der Waals surface area contributed by atoms with Gasteiger partial charge in [0.25, 0.3) is 5.91 Å². The lowest BCUT2D eigenvalue weighted by Gasteiger charge is -2.31. The molecule has 0 saturated carbocycles. The van der Waals surface area contributed by atoms with E-state index >= 15 is 0 Å². The highest BCUT2D eigenvalue weighted by molar-refractivity contribution is 7.14. The van der Waals surface area contributed by atoms with Gasteiger partial charge in [-0.05, 0) is 56.5 Å². The van der Waals surface area contributed by atoms with Crippen LogP contribution in [0.2, 0.25) is 0 Å². The van der Waals surface area contributed by atoms with Crippen LogP contribution in [0.5, 0.6) is 0 Å². The van der Waals surface area contributed by atoms with Crippen LogP contribution in [0, 0.1) is 17.2 Å². The van der Waals surface area contributed by atoms with Crippen molar-refractivity contribution in [3.63, 3.8) is 0 Å². The SMILES string of the molecule is CCCO.N#Cc1c(N)cc(C(=O)NCC2CCN(Cc3cnc(-c4ccccn4)s3)CC2)nc1N. The van der Waals surface area contributed by atoms with Gasteiger partial charge in [0.05, 0.1) is 11.4 Å². The van der Waals surface area contributed by atoms with Crippen molar-refractivity contribution in [2.45, 2.75) is 32.7 Å². The van der Waals surface area contributed by atoms with Crippen molar-refractivity contribution in [2.24, 2.45) is 5.92 Å². The summed E-state index contributed by atoms with van der Waals surface area (Å²) in [6.07, 6.45) is 6.58. The molecule has 0 bridgehead atoms. The Balaban J connectivity index is 0.000000840. The van der Waals surface area contributed by atoms with Crippen LogP contribution < -0.4 is 16.8 Å². The molecule has 10 nitrogen and oxygen atoms in total. The van der Waals surface area contributed by atoms with E-state index in [0.29, 0.717) is 19.1 Å². The summed E-state index contributed by atoms with van der Waals surface area (Å²) in [7, 11) is 0. The summed E-state index contributed by atoms with van der Waals surface area (Å²) in [6.45, 7) is 5.62. The quantitative estimate of drug-likeness (QED) is 0.375. The molecule has 1 aliphatic heterocycles. The predicted octanol–water partition coefficient (Wildman–Crippen LogP) is 2.67. The number of aromatic nitrogens is 3. The molecule has 0 spiro atoms. The standard InChI is InChI=1S/C22H24N8OS.C3H8O/c23-10-16-17(24)9-19(29-20(16)25)21(31)27-11-14-4-7-30(8-5-14)13-15-12-28-22(32-15)18-3-1-2-6-26-18;1-2-3-4/h1-3,6,9,12,14H,4-5,7-8,11,13H2,(H,27,31)(H4,24,25,29);4H,2-3H2,1H3. The minimum absolute atomic E-state index is 0.0276. The zero-order valence-corrected chi connectivity index (χ0v) is 21.2. The number of carbonyl (C=O) groups excluding carboxylic acids is 1. The lowest BCUT2D eigenvalue weighted by Crippen LogP contribution is -2.38. The van der Waals surface area contributed by atoms with Crippen LogP contribution in [0.1, 0.15) is 47.1 Å². The molecule has 0 radical (unpaired) electrons.